The molecule has 1 N–H and O–H groups in total. The van der Waals surface area contributed by atoms with Crippen LogP contribution in [0.3, 0.4) is 0 Å². The van der Waals surface area contributed by atoms with Gasteiger partial charge < -0.3 is 9.84 Å². The van der Waals surface area contributed by atoms with Crippen LogP contribution in [0.4, 0.5) is 0 Å². The first-order valence-corrected chi connectivity index (χ1v) is 11.0. The van der Waals surface area contributed by atoms with Gasteiger partial charge in [0.15, 0.2) is 5.41 Å². The van der Waals surface area contributed by atoms with Crippen molar-refractivity contribution >= 4 is 5.97 Å². The number of benzene rings is 2. The molecule has 0 radical (unpaired) electrons. The van der Waals surface area contributed by atoms with Crippen molar-refractivity contribution in [3.63, 3.8) is 0 Å². The lowest BCUT2D eigenvalue weighted by Crippen LogP contribution is -2.42. The van der Waals surface area contributed by atoms with Gasteiger partial charge in [0.2, 0.25) is 0 Å². The zero-order valence-electron chi connectivity index (χ0n) is 17.9. The highest BCUT2D eigenvalue weighted by atomic mass is 16.5. The van der Waals surface area contributed by atoms with E-state index in [-0.39, 0.29) is 11.8 Å². The van der Waals surface area contributed by atoms with Crippen LogP contribution < -0.4 is 4.74 Å². The molecule has 2 aromatic rings. The number of nitriles is 1. The van der Waals surface area contributed by atoms with Gasteiger partial charge in [-0.3, -0.25) is 4.79 Å². The van der Waals surface area contributed by atoms with Crippen LogP contribution in [-0.4, -0.2) is 17.7 Å². The van der Waals surface area contributed by atoms with Crippen LogP contribution in [0.25, 0.3) is 11.1 Å². The lowest BCUT2D eigenvalue weighted by molar-refractivity contribution is -0.149. The molecule has 1 fully saturated rings. The highest BCUT2D eigenvalue weighted by molar-refractivity contribution is 5.80. The number of rotatable bonds is 8. The summed E-state index contributed by atoms with van der Waals surface area (Å²) >= 11 is 0. The van der Waals surface area contributed by atoms with Crippen LogP contribution in [-0.2, 0) is 4.79 Å². The minimum absolute atomic E-state index is 0.157. The number of nitrogens with zero attached hydrogens (tertiary/aromatic N) is 1. The number of unbranched alkanes of at least 4 members (excludes halogenated alkanes) is 2. The molecular formula is C26H31NO3. The first kappa shape index (κ1) is 21.9. The number of hydrogen-bond acceptors (Lipinski definition) is 3. The molecule has 3 rings (SSSR count). The van der Waals surface area contributed by atoms with Crippen molar-refractivity contribution in [3.05, 3.63) is 54.1 Å². The Morgan fingerprint density at radius 1 is 1.13 bits per heavy atom. The Morgan fingerprint density at radius 3 is 2.33 bits per heavy atom. The summed E-state index contributed by atoms with van der Waals surface area (Å²) in [5, 5.41) is 19.6. The maximum Gasteiger partial charge on any atom is 0.324 e. The minimum atomic E-state index is -1.34. The van der Waals surface area contributed by atoms with Crippen molar-refractivity contribution in [2.24, 2.45) is 11.3 Å². The van der Waals surface area contributed by atoms with Gasteiger partial charge in [-0.15, -0.1) is 0 Å². The molecule has 30 heavy (non-hydrogen) atoms. The van der Waals surface area contributed by atoms with Crippen LogP contribution in [0.2, 0.25) is 0 Å². The molecule has 1 saturated carbocycles. The predicted octanol–water partition coefficient (Wildman–Crippen LogP) is 6.42. The zero-order chi connectivity index (χ0) is 21.6. The van der Waals surface area contributed by atoms with Crippen LogP contribution >= 0.6 is 0 Å². The molecule has 4 heteroatoms. The SMILES string of the molecule is CCCCCOc1ccc(-c2ccc(C3C(C)CCCC3(C#N)C(=O)O)cc2)cc1. The van der Waals surface area contributed by atoms with E-state index in [2.05, 4.69) is 19.9 Å². The first-order chi connectivity index (χ1) is 14.5. The van der Waals surface area contributed by atoms with Crippen LogP contribution in [0.5, 0.6) is 5.75 Å². The molecule has 1 aliphatic carbocycles. The van der Waals surface area contributed by atoms with E-state index in [4.69, 9.17) is 4.74 Å². The van der Waals surface area contributed by atoms with E-state index < -0.39 is 11.4 Å². The average Bonchev–Trinajstić information content (AvgIpc) is 2.77. The van der Waals surface area contributed by atoms with Crippen LogP contribution in [0.15, 0.2) is 48.5 Å². The van der Waals surface area contributed by atoms with Crippen LogP contribution in [0, 0.1) is 22.7 Å². The highest BCUT2D eigenvalue weighted by Crippen LogP contribution is 2.50. The number of hydrogen-bond donors (Lipinski definition) is 1. The van der Waals surface area contributed by atoms with Crippen molar-refractivity contribution in [3.8, 4) is 22.9 Å². The molecule has 0 aromatic heterocycles. The minimum Gasteiger partial charge on any atom is -0.494 e. The number of carboxylic acids is 1. The van der Waals surface area contributed by atoms with E-state index >= 15 is 0 Å². The second-order valence-corrected chi connectivity index (χ2v) is 8.44. The van der Waals surface area contributed by atoms with Gasteiger partial charge in [-0.1, -0.05) is 69.5 Å². The normalized spacial score (nSPS) is 23.5. The summed E-state index contributed by atoms with van der Waals surface area (Å²) in [4.78, 5) is 12.0. The Bertz CT molecular complexity index is 882. The third-order valence-corrected chi connectivity index (χ3v) is 6.39. The summed E-state index contributed by atoms with van der Waals surface area (Å²) in [6.07, 6.45) is 5.57. The summed E-state index contributed by atoms with van der Waals surface area (Å²) in [5.74, 6) is -0.255. The van der Waals surface area contributed by atoms with Crippen molar-refractivity contribution < 1.29 is 14.6 Å². The van der Waals surface area contributed by atoms with Gasteiger partial charge in [0.05, 0.1) is 12.7 Å². The Hall–Kier alpha value is -2.80. The van der Waals surface area contributed by atoms with E-state index in [0.717, 1.165) is 48.3 Å². The predicted molar refractivity (Wildman–Crippen MR) is 118 cm³/mol. The monoisotopic (exact) mass is 405 g/mol. The third-order valence-electron chi connectivity index (χ3n) is 6.39. The Morgan fingerprint density at radius 2 is 1.77 bits per heavy atom. The fraction of sp³-hybridized carbons (Fsp3) is 0.462. The van der Waals surface area contributed by atoms with Gasteiger partial charge >= 0.3 is 5.97 Å². The lowest BCUT2D eigenvalue weighted by Gasteiger charge is -2.40. The first-order valence-electron chi connectivity index (χ1n) is 11.0. The van der Waals surface area contributed by atoms with Crippen molar-refractivity contribution in [1.82, 2.24) is 0 Å². The topological polar surface area (TPSA) is 70.3 Å². The Kier molecular flexibility index (Phi) is 7.15. The van der Waals surface area contributed by atoms with Gasteiger partial charge in [0.25, 0.3) is 0 Å². The molecule has 4 nitrogen and oxygen atoms in total. The maximum absolute atomic E-state index is 12.0. The van der Waals surface area contributed by atoms with Crippen molar-refractivity contribution in [2.75, 3.05) is 6.61 Å². The molecule has 0 amide bonds. The quantitative estimate of drug-likeness (QED) is 0.514. The fourth-order valence-electron chi connectivity index (χ4n) is 4.71. The molecule has 0 heterocycles. The number of carboxylic acid groups (broad SMARTS) is 1. The molecule has 158 valence electrons. The highest BCUT2D eigenvalue weighted by Gasteiger charge is 2.51. The Balaban J connectivity index is 1.77. The summed E-state index contributed by atoms with van der Waals surface area (Å²) in [5.41, 5.74) is 1.75. The maximum atomic E-state index is 12.0. The third kappa shape index (κ3) is 4.51. The van der Waals surface area contributed by atoms with E-state index in [9.17, 15) is 15.2 Å². The number of carbonyl (C=O) groups is 1. The van der Waals surface area contributed by atoms with Gasteiger partial charge in [-0.2, -0.15) is 5.26 Å². The van der Waals surface area contributed by atoms with Gasteiger partial charge in [0.1, 0.15) is 5.75 Å². The fourth-order valence-corrected chi connectivity index (χ4v) is 4.71. The molecule has 0 bridgehead atoms. The van der Waals surface area contributed by atoms with Gasteiger partial charge in [0, 0.05) is 5.92 Å². The Labute approximate surface area is 179 Å². The van der Waals surface area contributed by atoms with Gasteiger partial charge in [-0.05, 0) is 54.0 Å². The molecule has 3 unspecified atom stereocenters. The number of aliphatic carboxylic acids is 1. The molecule has 0 aliphatic heterocycles. The van der Waals surface area contributed by atoms with Crippen molar-refractivity contribution in [1.29, 1.82) is 5.26 Å². The van der Waals surface area contributed by atoms with E-state index in [1.165, 1.54) is 12.8 Å². The zero-order valence-corrected chi connectivity index (χ0v) is 17.9. The standard InChI is InChI=1S/C26H31NO3/c1-3-4-5-17-30-23-14-12-21(13-15-23)20-8-10-22(11-9-20)24-19(2)7-6-16-26(24,18-27)25(28)29/h8-15,19,24H,3-7,16-17H2,1-2H3,(H,28,29). The molecule has 0 saturated heterocycles. The van der Waals surface area contributed by atoms with Gasteiger partial charge in [-0.25, -0.2) is 0 Å². The average molecular weight is 406 g/mol. The second-order valence-electron chi connectivity index (χ2n) is 8.44. The molecular weight excluding hydrogens is 374 g/mol. The summed E-state index contributed by atoms with van der Waals surface area (Å²) in [6, 6.07) is 18.3. The second kappa shape index (κ2) is 9.80. The summed E-state index contributed by atoms with van der Waals surface area (Å²) in [7, 11) is 0. The lowest BCUT2D eigenvalue weighted by atomic mass is 9.60. The van der Waals surface area contributed by atoms with E-state index in [1.807, 2.05) is 48.5 Å². The van der Waals surface area contributed by atoms with Crippen LogP contribution in [0.1, 0.15) is 63.9 Å². The van der Waals surface area contributed by atoms with Crippen molar-refractivity contribution in [2.45, 2.75) is 58.3 Å². The van der Waals surface area contributed by atoms with E-state index in [0.29, 0.717) is 6.42 Å². The molecule has 3 atom stereocenters. The molecule has 2 aromatic carbocycles. The smallest absolute Gasteiger partial charge is 0.324 e. The number of ether oxygens (including phenoxy) is 1. The largest absolute Gasteiger partial charge is 0.494 e. The van der Waals surface area contributed by atoms with E-state index in [1.54, 1.807) is 0 Å². The summed E-state index contributed by atoms with van der Waals surface area (Å²) < 4.78 is 5.78. The molecule has 1 aliphatic rings. The molecule has 0 spiro atoms. The summed E-state index contributed by atoms with van der Waals surface area (Å²) in [6.45, 7) is 4.98.